The zero-order chi connectivity index (χ0) is 10.7. The zero-order valence-corrected chi connectivity index (χ0v) is 12.0. The molecule has 0 N–H and O–H groups in total. The van der Waals surface area contributed by atoms with Crippen molar-refractivity contribution in [1.29, 1.82) is 0 Å². The Labute approximate surface area is 106 Å². The molecule has 0 aliphatic carbocycles. The van der Waals surface area contributed by atoms with Crippen molar-refractivity contribution in [2.24, 2.45) is 0 Å². The van der Waals surface area contributed by atoms with E-state index in [0.717, 1.165) is 0 Å². The summed E-state index contributed by atoms with van der Waals surface area (Å²) in [5, 5.41) is 0. The fraction of sp³-hybridized carbons (Fsp3) is 0. The van der Waals surface area contributed by atoms with Gasteiger partial charge in [-0.3, -0.25) is 27.4 Å². The topological polar surface area (TPSA) is 172 Å². The normalized spacial score (nSPS) is 5.77. The van der Waals surface area contributed by atoms with Crippen LogP contribution in [0, 0.1) is 41.3 Å². The van der Waals surface area contributed by atoms with Crippen LogP contribution in [-0.2, 0) is 27.4 Å². The van der Waals surface area contributed by atoms with Crippen molar-refractivity contribution in [2.45, 2.75) is 0 Å². The molecule has 0 spiro atoms. The first-order valence-electron chi connectivity index (χ1n) is 1.64. The standard InChI is InChI=1S/3HO3P.Pr/c3*1-4(2)3;/h3*(H,1,2,3);/q;;;+3/p-3. The molecule has 0 aromatic carbocycles. The van der Waals surface area contributed by atoms with Crippen molar-refractivity contribution in [2.75, 3.05) is 0 Å². The smallest absolute Gasteiger partial charge is 0.744 e. The van der Waals surface area contributed by atoms with E-state index in [9.17, 15) is 0 Å². The maximum atomic E-state index is 8.48. The molecule has 9 nitrogen and oxygen atoms in total. The first-order valence-corrected chi connectivity index (χ1v) is 4.93. The van der Waals surface area contributed by atoms with Gasteiger partial charge in [-0.05, 0) is 0 Å². The van der Waals surface area contributed by atoms with E-state index in [0.29, 0.717) is 0 Å². The molecule has 0 unspecified atom stereocenters. The molecule has 0 bridgehead atoms. The van der Waals surface area contributed by atoms with Crippen molar-refractivity contribution in [1.82, 2.24) is 0 Å². The van der Waals surface area contributed by atoms with Crippen LogP contribution in [0.4, 0.5) is 0 Å². The Morgan fingerprint density at radius 3 is 0.538 bits per heavy atom. The van der Waals surface area contributed by atoms with Crippen LogP contribution in [0.25, 0.3) is 0 Å². The van der Waals surface area contributed by atoms with E-state index in [-0.39, 0.29) is 41.3 Å². The van der Waals surface area contributed by atoms with Crippen LogP contribution in [0.2, 0.25) is 0 Å². The summed E-state index contributed by atoms with van der Waals surface area (Å²) < 4.78 is 50.9. The predicted octanol–water partition coefficient (Wildman–Crippen LogP) is -1.70. The summed E-state index contributed by atoms with van der Waals surface area (Å²) in [6, 6.07) is 0. The maximum absolute atomic E-state index is 8.48. The Bertz CT molecular complexity index is 208. The second kappa shape index (κ2) is 18.7. The molecule has 0 saturated carbocycles. The summed E-state index contributed by atoms with van der Waals surface area (Å²) in [6.45, 7) is 0. The summed E-state index contributed by atoms with van der Waals surface area (Å²) in [5.41, 5.74) is 0. The van der Waals surface area contributed by atoms with Crippen LogP contribution in [-0.4, -0.2) is 0 Å². The minimum absolute atomic E-state index is 0. The molecular weight excluding hydrogens is 378 g/mol. The van der Waals surface area contributed by atoms with E-state index in [1.165, 1.54) is 0 Å². The molecule has 0 aliphatic rings. The van der Waals surface area contributed by atoms with Gasteiger partial charge in [0.1, 0.15) is 0 Å². The van der Waals surface area contributed by atoms with E-state index < -0.39 is 23.7 Å². The van der Waals surface area contributed by atoms with Crippen LogP contribution in [0.5, 0.6) is 0 Å². The van der Waals surface area contributed by atoms with Gasteiger partial charge >= 0.3 is 41.3 Å². The van der Waals surface area contributed by atoms with Crippen LogP contribution >= 0.6 is 23.7 Å². The number of hydrogen-bond acceptors (Lipinski definition) is 9. The molecule has 0 aromatic heterocycles. The average Bonchev–Trinajstić information content (AvgIpc) is 1.54. The molecule has 13 heteroatoms. The summed E-state index contributed by atoms with van der Waals surface area (Å²) in [7, 11) is -10.1. The third-order valence-corrected chi connectivity index (χ3v) is 0. The summed E-state index contributed by atoms with van der Waals surface area (Å²) in [5.74, 6) is 0. The van der Waals surface area contributed by atoms with Crippen LogP contribution in [0.15, 0.2) is 0 Å². The Kier molecular flexibility index (Phi) is 33.9. The van der Waals surface area contributed by atoms with E-state index >= 15 is 0 Å². The molecule has 0 atom stereocenters. The fourth-order valence-corrected chi connectivity index (χ4v) is 0. The monoisotopic (exact) mass is 378 g/mol. The predicted molar refractivity (Wildman–Crippen MR) is 24.9 cm³/mol. The van der Waals surface area contributed by atoms with Gasteiger partial charge in [0.15, 0.2) is 0 Å². The Hall–Kier alpha value is 0.944. The molecule has 13 heavy (non-hydrogen) atoms. The molecule has 0 radical (unpaired) electrons. The Morgan fingerprint density at radius 2 is 0.538 bits per heavy atom. The zero-order valence-electron chi connectivity index (χ0n) is 5.59. The van der Waals surface area contributed by atoms with Gasteiger partial charge in [-0.2, -0.15) is 0 Å². The molecule has 0 aliphatic heterocycles. The molecule has 0 aromatic rings. The van der Waals surface area contributed by atoms with Gasteiger partial charge in [0.2, 0.25) is 23.7 Å². The van der Waals surface area contributed by atoms with Crippen molar-refractivity contribution in [3.63, 3.8) is 0 Å². The van der Waals surface area contributed by atoms with Crippen molar-refractivity contribution in [3.05, 3.63) is 0 Å². The molecular formula is O9P3Pr. The van der Waals surface area contributed by atoms with Gasteiger partial charge in [-0.25, -0.2) is 0 Å². The summed E-state index contributed by atoms with van der Waals surface area (Å²) >= 11 is 0. The second-order valence-corrected chi connectivity index (χ2v) is 2.01. The van der Waals surface area contributed by atoms with E-state index in [1.54, 1.807) is 0 Å². The first-order chi connectivity index (χ1) is 5.20. The average molecular weight is 378 g/mol. The van der Waals surface area contributed by atoms with Crippen LogP contribution < -0.4 is 14.7 Å². The van der Waals surface area contributed by atoms with E-state index in [2.05, 4.69) is 0 Å². The minimum Gasteiger partial charge on any atom is -0.744 e. The second-order valence-electron chi connectivity index (χ2n) is 0.671. The quantitative estimate of drug-likeness (QED) is 0.446. The van der Waals surface area contributed by atoms with Gasteiger partial charge in [0.25, 0.3) is 0 Å². The largest absolute Gasteiger partial charge is 3.00 e. The number of rotatable bonds is 0. The van der Waals surface area contributed by atoms with E-state index in [4.69, 9.17) is 42.1 Å². The minimum atomic E-state index is -3.37. The van der Waals surface area contributed by atoms with Crippen LogP contribution in [0.1, 0.15) is 0 Å². The van der Waals surface area contributed by atoms with Crippen LogP contribution in [0.3, 0.4) is 0 Å². The third-order valence-electron chi connectivity index (χ3n) is 0. The third kappa shape index (κ3) is 1740. The molecule has 0 fully saturated rings. The Morgan fingerprint density at radius 1 is 0.538 bits per heavy atom. The van der Waals surface area contributed by atoms with Gasteiger partial charge in [-0.15, -0.1) is 0 Å². The van der Waals surface area contributed by atoms with Gasteiger partial charge in [0, 0.05) is 0 Å². The molecule has 0 rings (SSSR count). The Balaban J connectivity index is -0.0000000450. The van der Waals surface area contributed by atoms with Gasteiger partial charge in [0.05, 0.1) is 0 Å². The van der Waals surface area contributed by atoms with Gasteiger partial charge < -0.3 is 14.7 Å². The van der Waals surface area contributed by atoms with E-state index in [1.807, 2.05) is 0 Å². The summed E-state index contributed by atoms with van der Waals surface area (Å²) in [4.78, 5) is 25.4. The molecule has 0 heterocycles. The van der Waals surface area contributed by atoms with Crippen molar-refractivity contribution < 1.29 is 83.4 Å². The number of hydrogen-bond donors (Lipinski definition) is 0. The first kappa shape index (κ1) is 23.6. The van der Waals surface area contributed by atoms with Crippen molar-refractivity contribution >= 4 is 23.7 Å². The fourth-order valence-electron chi connectivity index (χ4n) is 0. The molecule has 0 amide bonds. The SMILES string of the molecule is O=P(=O)[O-].O=P(=O)[O-].O=P(=O)[O-].[Pr+3]. The molecule has 72 valence electrons. The van der Waals surface area contributed by atoms with Crippen molar-refractivity contribution in [3.8, 4) is 0 Å². The summed E-state index contributed by atoms with van der Waals surface area (Å²) in [6.07, 6.45) is 0. The van der Waals surface area contributed by atoms with Gasteiger partial charge in [-0.1, -0.05) is 0 Å². The maximum Gasteiger partial charge on any atom is 3.00 e. The molecule has 0 saturated heterocycles.